The number of anilines is 1. The molecular formula is C20H23F2NO4. The fraction of sp³-hybridized carbons (Fsp3) is 0.350. The third-order valence-corrected chi connectivity index (χ3v) is 3.85. The molecule has 0 heterocycles. The van der Waals surface area contributed by atoms with Gasteiger partial charge < -0.3 is 14.2 Å². The topological polar surface area (TPSA) is 56.8 Å². The van der Waals surface area contributed by atoms with Crippen LogP contribution >= 0.6 is 0 Å². The first kappa shape index (κ1) is 20.5. The van der Waals surface area contributed by atoms with Gasteiger partial charge in [-0.1, -0.05) is 19.1 Å². The first-order valence-corrected chi connectivity index (χ1v) is 8.66. The molecule has 0 saturated heterocycles. The number of benzene rings is 2. The molecule has 0 aliphatic heterocycles. The SMILES string of the molecule is CCOc1ccc(NC(=O)OC(F)F)c(COc2ccc(CC)cc2C)c1. The lowest BCUT2D eigenvalue weighted by Gasteiger charge is -2.15. The van der Waals surface area contributed by atoms with Gasteiger partial charge in [-0.15, -0.1) is 0 Å². The van der Waals surface area contributed by atoms with Crippen LogP contribution in [0.5, 0.6) is 11.5 Å². The van der Waals surface area contributed by atoms with E-state index in [2.05, 4.69) is 17.0 Å². The molecule has 0 fully saturated rings. The minimum Gasteiger partial charge on any atom is -0.494 e. The first-order chi connectivity index (χ1) is 12.9. The van der Waals surface area contributed by atoms with Crippen molar-refractivity contribution in [1.82, 2.24) is 0 Å². The van der Waals surface area contributed by atoms with Crippen molar-refractivity contribution >= 4 is 11.8 Å². The maximum atomic E-state index is 12.2. The van der Waals surface area contributed by atoms with E-state index in [0.29, 0.717) is 29.4 Å². The van der Waals surface area contributed by atoms with Gasteiger partial charge in [0, 0.05) is 5.56 Å². The Morgan fingerprint density at radius 3 is 2.52 bits per heavy atom. The van der Waals surface area contributed by atoms with Crippen LogP contribution in [0, 0.1) is 6.92 Å². The second-order valence-corrected chi connectivity index (χ2v) is 5.79. The van der Waals surface area contributed by atoms with Gasteiger partial charge in [0.25, 0.3) is 0 Å². The summed E-state index contributed by atoms with van der Waals surface area (Å²) in [5.41, 5.74) is 3.08. The third kappa shape index (κ3) is 6.13. The molecule has 2 aromatic carbocycles. The number of carbonyl (C=O) groups excluding carboxylic acids is 1. The molecule has 0 unspecified atom stereocenters. The molecule has 2 aromatic rings. The van der Waals surface area contributed by atoms with Crippen LogP contribution in [0.2, 0.25) is 0 Å². The second kappa shape index (κ2) is 9.75. The quantitative estimate of drug-likeness (QED) is 0.676. The van der Waals surface area contributed by atoms with E-state index >= 15 is 0 Å². The molecule has 0 spiro atoms. The monoisotopic (exact) mass is 379 g/mol. The predicted octanol–water partition coefficient (Wildman–Crippen LogP) is 5.31. The smallest absolute Gasteiger partial charge is 0.416 e. The molecule has 1 amide bonds. The normalized spacial score (nSPS) is 10.6. The molecule has 0 atom stereocenters. The summed E-state index contributed by atoms with van der Waals surface area (Å²) in [5, 5.41) is 2.30. The number of hydrogen-bond acceptors (Lipinski definition) is 4. The van der Waals surface area contributed by atoms with Crippen LogP contribution in [0.3, 0.4) is 0 Å². The van der Waals surface area contributed by atoms with Crippen LogP contribution in [-0.4, -0.2) is 19.3 Å². The Balaban J connectivity index is 2.18. The Morgan fingerprint density at radius 1 is 1.11 bits per heavy atom. The maximum absolute atomic E-state index is 12.2. The average molecular weight is 379 g/mol. The summed E-state index contributed by atoms with van der Waals surface area (Å²) >= 11 is 0. The van der Waals surface area contributed by atoms with Crippen molar-refractivity contribution in [2.24, 2.45) is 0 Å². The Labute approximate surface area is 157 Å². The van der Waals surface area contributed by atoms with E-state index in [4.69, 9.17) is 9.47 Å². The predicted molar refractivity (Wildman–Crippen MR) is 98.6 cm³/mol. The number of alkyl halides is 2. The number of ether oxygens (including phenoxy) is 3. The Kier molecular flexibility index (Phi) is 7.40. The summed E-state index contributed by atoms with van der Waals surface area (Å²) in [6.45, 7) is 3.28. The van der Waals surface area contributed by atoms with Crippen LogP contribution in [0.25, 0.3) is 0 Å². The van der Waals surface area contributed by atoms with Gasteiger partial charge >= 0.3 is 12.7 Å². The van der Waals surface area contributed by atoms with Crippen molar-refractivity contribution in [1.29, 1.82) is 0 Å². The lowest BCUT2D eigenvalue weighted by Crippen LogP contribution is -2.18. The standard InChI is InChI=1S/C20H23F2NO4/c1-4-14-6-9-18(13(3)10-14)26-12-15-11-16(25-5-2)7-8-17(15)23-20(24)27-19(21)22/h6-11,19H,4-5,12H2,1-3H3,(H,23,24). The Morgan fingerprint density at radius 2 is 1.89 bits per heavy atom. The van der Waals surface area contributed by atoms with Crippen LogP contribution in [0.1, 0.15) is 30.5 Å². The van der Waals surface area contributed by atoms with Gasteiger partial charge in [-0.2, -0.15) is 8.78 Å². The van der Waals surface area contributed by atoms with E-state index in [1.54, 1.807) is 18.2 Å². The minimum absolute atomic E-state index is 0.123. The van der Waals surface area contributed by atoms with Crippen LogP contribution in [0.15, 0.2) is 36.4 Å². The summed E-state index contributed by atoms with van der Waals surface area (Å²) in [5.74, 6) is 1.29. The molecule has 0 radical (unpaired) electrons. The largest absolute Gasteiger partial charge is 0.494 e. The molecule has 2 rings (SSSR count). The summed E-state index contributed by atoms with van der Waals surface area (Å²) in [4.78, 5) is 11.5. The van der Waals surface area contributed by atoms with Crippen LogP contribution in [0.4, 0.5) is 19.3 Å². The highest BCUT2D eigenvalue weighted by molar-refractivity contribution is 5.85. The molecule has 27 heavy (non-hydrogen) atoms. The van der Waals surface area contributed by atoms with Gasteiger partial charge in [0.2, 0.25) is 0 Å². The lowest BCUT2D eigenvalue weighted by atomic mass is 10.1. The zero-order valence-electron chi connectivity index (χ0n) is 15.6. The molecule has 0 aromatic heterocycles. The minimum atomic E-state index is -3.19. The number of carbonyl (C=O) groups is 1. The van der Waals surface area contributed by atoms with E-state index in [1.807, 2.05) is 32.0 Å². The Hall–Kier alpha value is -2.83. The van der Waals surface area contributed by atoms with E-state index < -0.39 is 12.7 Å². The molecular weight excluding hydrogens is 356 g/mol. The van der Waals surface area contributed by atoms with Gasteiger partial charge in [0.1, 0.15) is 18.1 Å². The average Bonchev–Trinajstić information content (AvgIpc) is 2.62. The molecule has 5 nitrogen and oxygen atoms in total. The van der Waals surface area contributed by atoms with Crippen molar-refractivity contribution in [3.05, 3.63) is 53.1 Å². The van der Waals surface area contributed by atoms with E-state index in [9.17, 15) is 13.6 Å². The van der Waals surface area contributed by atoms with Gasteiger partial charge in [0.05, 0.1) is 12.3 Å². The van der Waals surface area contributed by atoms with Crippen LogP contribution in [-0.2, 0) is 17.8 Å². The molecule has 0 bridgehead atoms. The highest BCUT2D eigenvalue weighted by atomic mass is 19.3. The number of amides is 1. The van der Waals surface area contributed by atoms with Crippen molar-refractivity contribution in [2.75, 3.05) is 11.9 Å². The van der Waals surface area contributed by atoms with Crippen molar-refractivity contribution in [3.63, 3.8) is 0 Å². The molecule has 0 aliphatic rings. The van der Waals surface area contributed by atoms with E-state index in [1.165, 1.54) is 5.56 Å². The van der Waals surface area contributed by atoms with Gasteiger partial charge in [-0.25, -0.2) is 4.79 Å². The Bertz CT molecular complexity index is 781. The fourth-order valence-electron chi connectivity index (χ4n) is 2.54. The fourth-order valence-corrected chi connectivity index (χ4v) is 2.54. The van der Waals surface area contributed by atoms with Crippen LogP contribution < -0.4 is 14.8 Å². The highest BCUT2D eigenvalue weighted by Crippen LogP contribution is 2.26. The van der Waals surface area contributed by atoms with Gasteiger partial charge in [-0.05, 0) is 55.7 Å². The van der Waals surface area contributed by atoms with Gasteiger partial charge in [-0.3, -0.25) is 5.32 Å². The van der Waals surface area contributed by atoms with Gasteiger partial charge in [0.15, 0.2) is 0 Å². The number of halogens is 2. The van der Waals surface area contributed by atoms with E-state index in [-0.39, 0.29) is 6.61 Å². The van der Waals surface area contributed by atoms with Crippen molar-refractivity contribution in [3.8, 4) is 11.5 Å². The maximum Gasteiger partial charge on any atom is 0.416 e. The number of hydrogen-bond donors (Lipinski definition) is 1. The highest BCUT2D eigenvalue weighted by Gasteiger charge is 2.14. The zero-order valence-corrected chi connectivity index (χ0v) is 15.6. The summed E-state index contributed by atoms with van der Waals surface area (Å²) in [6, 6.07) is 10.8. The summed E-state index contributed by atoms with van der Waals surface area (Å²) in [6.07, 6.45) is -0.309. The third-order valence-electron chi connectivity index (χ3n) is 3.85. The van der Waals surface area contributed by atoms with Crippen molar-refractivity contribution < 1.29 is 27.8 Å². The summed E-state index contributed by atoms with van der Waals surface area (Å²) in [7, 11) is 0. The number of nitrogens with one attached hydrogen (secondary N) is 1. The summed E-state index contributed by atoms with van der Waals surface area (Å²) < 4.78 is 39.6. The molecule has 0 aliphatic carbocycles. The van der Waals surface area contributed by atoms with Crippen molar-refractivity contribution in [2.45, 2.75) is 40.4 Å². The zero-order chi connectivity index (χ0) is 19.8. The molecule has 146 valence electrons. The number of aryl methyl sites for hydroxylation is 2. The lowest BCUT2D eigenvalue weighted by molar-refractivity contribution is -0.0766. The molecule has 7 heteroatoms. The first-order valence-electron chi connectivity index (χ1n) is 8.66. The number of rotatable bonds is 8. The second-order valence-electron chi connectivity index (χ2n) is 5.79. The van der Waals surface area contributed by atoms with E-state index in [0.717, 1.165) is 12.0 Å². The molecule has 1 N–H and O–H groups in total. The molecule has 0 saturated carbocycles.